The summed E-state index contributed by atoms with van der Waals surface area (Å²) in [7, 11) is 0. The summed E-state index contributed by atoms with van der Waals surface area (Å²) in [5.74, 6) is -0.0615. The predicted octanol–water partition coefficient (Wildman–Crippen LogP) is 5.80. The topological polar surface area (TPSA) is 49.4 Å². The Morgan fingerprint density at radius 3 is 2.39 bits per heavy atom. The minimum Gasteiger partial charge on any atom is -0.352 e. The first kappa shape index (κ1) is 24.5. The second-order valence-corrected chi connectivity index (χ2v) is 8.89. The van der Waals surface area contributed by atoms with Crippen LogP contribution in [0.25, 0.3) is 10.8 Å². The summed E-state index contributed by atoms with van der Waals surface area (Å²) in [4.78, 5) is 28.4. The summed E-state index contributed by atoms with van der Waals surface area (Å²) in [6, 6.07) is 22.2. The number of amides is 2. The summed E-state index contributed by atoms with van der Waals surface area (Å²) in [5, 5.41) is 5.44. The minimum absolute atomic E-state index is 0.00981. The van der Waals surface area contributed by atoms with E-state index in [0.717, 1.165) is 23.1 Å². The van der Waals surface area contributed by atoms with Crippen LogP contribution >= 0.6 is 0 Å². The van der Waals surface area contributed by atoms with Gasteiger partial charge in [0.25, 0.3) is 0 Å². The third-order valence-electron chi connectivity index (χ3n) is 6.31. The van der Waals surface area contributed by atoms with Gasteiger partial charge in [-0.15, -0.1) is 0 Å². The Morgan fingerprint density at radius 2 is 1.67 bits per heavy atom. The molecule has 0 heterocycles. The fourth-order valence-corrected chi connectivity index (χ4v) is 4.26. The molecule has 4 nitrogen and oxygen atoms in total. The quantitative estimate of drug-likeness (QED) is 0.429. The maximum Gasteiger partial charge on any atom is 0.243 e. The Balaban J connectivity index is 1.83. The standard InChI is InChI=1S/C29H36N2O2/c1-5-22(4)30-29(33)27(6-2)31(20-23-12-9-11-21(3)19-23)28(32)18-17-25-15-10-14-24-13-7-8-16-26(24)25/h7-16,19,22,27H,5-6,17-18,20H2,1-4H3,(H,30,33)/t22-,27-/m0/s1. The van der Waals surface area contributed by atoms with Crippen LogP contribution < -0.4 is 5.32 Å². The molecule has 0 spiro atoms. The van der Waals surface area contributed by atoms with Crippen molar-refractivity contribution in [3.8, 4) is 0 Å². The molecular formula is C29H36N2O2. The number of benzene rings is 3. The molecular weight excluding hydrogens is 408 g/mol. The lowest BCUT2D eigenvalue weighted by Gasteiger charge is -2.31. The van der Waals surface area contributed by atoms with Gasteiger partial charge in [0.15, 0.2) is 0 Å². The molecule has 0 aliphatic heterocycles. The Morgan fingerprint density at radius 1 is 0.939 bits per heavy atom. The highest BCUT2D eigenvalue weighted by molar-refractivity contribution is 5.89. The van der Waals surface area contributed by atoms with E-state index in [4.69, 9.17) is 0 Å². The number of nitrogens with zero attached hydrogens (tertiary/aromatic N) is 1. The molecule has 33 heavy (non-hydrogen) atoms. The van der Waals surface area contributed by atoms with Crippen LogP contribution in [0.15, 0.2) is 66.7 Å². The highest BCUT2D eigenvalue weighted by Gasteiger charge is 2.29. The molecule has 3 aromatic carbocycles. The van der Waals surface area contributed by atoms with Crippen LogP contribution in [0.5, 0.6) is 0 Å². The number of hydrogen-bond acceptors (Lipinski definition) is 2. The molecule has 0 fully saturated rings. The van der Waals surface area contributed by atoms with Crippen molar-refractivity contribution in [1.29, 1.82) is 0 Å². The number of rotatable bonds is 10. The third kappa shape index (κ3) is 6.44. The highest BCUT2D eigenvalue weighted by Crippen LogP contribution is 2.21. The van der Waals surface area contributed by atoms with Gasteiger partial charge in [0, 0.05) is 19.0 Å². The van der Waals surface area contributed by atoms with E-state index >= 15 is 0 Å². The van der Waals surface area contributed by atoms with Gasteiger partial charge in [-0.1, -0.05) is 86.1 Å². The molecule has 174 valence electrons. The normalized spacial score (nSPS) is 12.8. The summed E-state index contributed by atoms with van der Waals surface area (Å²) < 4.78 is 0. The highest BCUT2D eigenvalue weighted by atomic mass is 16.2. The first-order chi connectivity index (χ1) is 15.9. The van der Waals surface area contributed by atoms with Crippen LogP contribution in [0.1, 0.15) is 56.7 Å². The van der Waals surface area contributed by atoms with Gasteiger partial charge in [-0.2, -0.15) is 0 Å². The molecule has 2 amide bonds. The zero-order valence-electron chi connectivity index (χ0n) is 20.3. The second kappa shape index (κ2) is 11.6. The van der Waals surface area contributed by atoms with E-state index in [1.165, 1.54) is 10.8 Å². The van der Waals surface area contributed by atoms with E-state index in [2.05, 4.69) is 35.6 Å². The van der Waals surface area contributed by atoms with Crippen LogP contribution in [0.4, 0.5) is 0 Å². The van der Waals surface area contributed by atoms with E-state index < -0.39 is 6.04 Å². The van der Waals surface area contributed by atoms with Crippen LogP contribution in [0.2, 0.25) is 0 Å². The van der Waals surface area contributed by atoms with Crippen molar-refractivity contribution in [3.05, 3.63) is 83.4 Å². The number of hydrogen-bond donors (Lipinski definition) is 1. The summed E-state index contributed by atoms with van der Waals surface area (Å²) in [5.41, 5.74) is 3.35. The third-order valence-corrected chi connectivity index (χ3v) is 6.31. The van der Waals surface area contributed by atoms with Crippen molar-refractivity contribution in [2.24, 2.45) is 0 Å². The molecule has 0 saturated heterocycles. The lowest BCUT2D eigenvalue weighted by molar-refractivity contribution is -0.141. The van der Waals surface area contributed by atoms with E-state index in [1.54, 1.807) is 4.90 Å². The van der Waals surface area contributed by atoms with Gasteiger partial charge in [-0.25, -0.2) is 0 Å². The average molecular weight is 445 g/mol. The van der Waals surface area contributed by atoms with Gasteiger partial charge >= 0.3 is 0 Å². The first-order valence-corrected chi connectivity index (χ1v) is 12.0. The number of aryl methyl sites for hydroxylation is 2. The van der Waals surface area contributed by atoms with Gasteiger partial charge in [0.1, 0.15) is 6.04 Å². The molecule has 2 atom stereocenters. The molecule has 0 radical (unpaired) electrons. The van der Waals surface area contributed by atoms with Gasteiger partial charge < -0.3 is 10.2 Å². The van der Waals surface area contributed by atoms with Crippen LogP contribution in [-0.2, 0) is 22.6 Å². The Bertz CT molecular complexity index is 1090. The lowest BCUT2D eigenvalue weighted by Crippen LogP contribution is -2.50. The molecule has 4 heteroatoms. The Labute approximate surface area is 198 Å². The van der Waals surface area contributed by atoms with Crippen molar-refractivity contribution < 1.29 is 9.59 Å². The maximum atomic E-state index is 13.5. The summed E-state index contributed by atoms with van der Waals surface area (Å²) >= 11 is 0. The van der Waals surface area contributed by atoms with Crippen molar-refractivity contribution >= 4 is 22.6 Å². The largest absolute Gasteiger partial charge is 0.352 e. The molecule has 0 unspecified atom stereocenters. The molecule has 0 bridgehead atoms. The molecule has 0 aliphatic rings. The number of carbonyl (C=O) groups excluding carboxylic acids is 2. The average Bonchev–Trinajstić information content (AvgIpc) is 2.82. The van der Waals surface area contributed by atoms with Crippen molar-refractivity contribution in [3.63, 3.8) is 0 Å². The van der Waals surface area contributed by atoms with Crippen LogP contribution in [-0.4, -0.2) is 28.8 Å². The van der Waals surface area contributed by atoms with Crippen molar-refractivity contribution in [2.75, 3.05) is 0 Å². The minimum atomic E-state index is -0.487. The SMILES string of the molecule is CC[C@H](C)NC(=O)[C@H](CC)N(Cc1cccc(C)c1)C(=O)CCc1cccc2ccccc12. The maximum absolute atomic E-state index is 13.5. The predicted molar refractivity (Wildman–Crippen MR) is 136 cm³/mol. The molecule has 3 rings (SSSR count). The van der Waals surface area contributed by atoms with Crippen molar-refractivity contribution in [2.45, 2.75) is 72.0 Å². The zero-order valence-corrected chi connectivity index (χ0v) is 20.3. The van der Waals surface area contributed by atoms with E-state index in [0.29, 0.717) is 25.8 Å². The Kier molecular flexibility index (Phi) is 8.65. The fraction of sp³-hybridized carbons (Fsp3) is 0.379. The number of carbonyl (C=O) groups is 2. The summed E-state index contributed by atoms with van der Waals surface area (Å²) in [6.45, 7) is 8.50. The lowest BCUT2D eigenvalue weighted by atomic mass is 10.00. The fourth-order valence-electron chi connectivity index (χ4n) is 4.26. The van der Waals surface area contributed by atoms with Crippen LogP contribution in [0.3, 0.4) is 0 Å². The monoisotopic (exact) mass is 444 g/mol. The molecule has 1 N–H and O–H groups in total. The van der Waals surface area contributed by atoms with Crippen molar-refractivity contribution in [1.82, 2.24) is 10.2 Å². The molecule has 3 aromatic rings. The Hall–Kier alpha value is -3.14. The van der Waals surface area contributed by atoms with E-state index in [9.17, 15) is 9.59 Å². The second-order valence-electron chi connectivity index (χ2n) is 8.89. The number of fused-ring (bicyclic) bond motifs is 1. The first-order valence-electron chi connectivity index (χ1n) is 12.0. The smallest absolute Gasteiger partial charge is 0.243 e. The molecule has 0 saturated carbocycles. The van der Waals surface area contributed by atoms with E-state index in [-0.39, 0.29) is 17.9 Å². The number of nitrogens with one attached hydrogen (secondary N) is 1. The van der Waals surface area contributed by atoms with Gasteiger partial charge in [-0.3, -0.25) is 9.59 Å². The molecule has 0 aromatic heterocycles. The molecule has 0 aliphatic carbocycles. The van der Waals surface area contributed by atoms with E-state index in [1.807, 2.05) is 64.1 Å². The van der Waals surface area contributed by atoms with Crippen LogP contribution in [0, 0.1) is 6.92 Å². The van der Waals surface area contributed by atoms with Gasteiger partial charge in [0.05, 0.1) is 0 Å². The van der Waals surface area contributed by atoms with Gasteiger partial charge in [0.2, 0.25) is 11.8 Å². The zero-order chi connectivity index (χ0) is 23.8. The summed E-state index contributed by atoms with van der Waals surface area (Å²) in [6.07, 6.45) is 2.45. The van der Waals surface area contributed by atoms with Gasteiger partial charge in [-0.05, 0) is 55.0 Å².